The quantitative estimate of drug-likeness (QED) is 0.559. The smallest absolute Gasteiger partial charge is 0.209 e. The Labute approximate surface area is 137 Å². The van der Waals surface area contributed by atoms with Gasteiger partial charge in [0.1, 0.15) is 23.3 Å². The molecule has 0 aliphatic heterocycles. The molecule has 0 amide bonds. The van der Waals surface area contributed by atoms with Crippen molar-refractivity contribution in [3.63, 3.8) is 0 Å². The summed E-state index contributed by atoms with van der Waals surface area (Å²) in [4.78, 5) is 3.74. The molecule has 0 fully saturated rings. The number of hydrogen-bond acceptors (Lipinski definition) is 1. The van der Waals surface area contributed by atoms with Crippen molar-refractivity contribution in [2.24, 2.45) is 0 Å². The summed E-state index contributed by atoms with van der Waals surface area (Å²) in [6, 6.07) is 6.13. The van der Waals surface area contributed by atoms with Crippen molar-refractivity contribution in [1.82, 2.24) is 9.55 Å². The summed E-state index contributed by atoms with van der Waals surface area (Å²) in [5.74, 6) is -4.03. The minimum Gasteiger partial charge on any atom is -0.281 e. The molecule has 0 aliphatic carbocycles. The van der Waals surface area contributed by atoms with E-state index in [0.29, 0.717) is 12.1 Å². The second kappa shape index (κ2) is 5.86. The molecular weight excluding hydrogens is 355 g/mol. The van der Waals surface area contributed by atoms with Gasteiger partial charge in [-0.05, 0) is 29.8 Å². The first-order valence-corrected chi connectivity index (χ1v) is 6.98. The third-order valence-electron chi connectivity index (χ3n) is 3.10. The number of rotatable bonds is 2. The molecule has 8 heteroatoms. The first kappa shape index (κ1) is 15.8. The van der Waals surface area contributed by atoms with Crippen molar-refractivity contribution in [3.8, 4) is 16.9 Å². The zero-order chi connectivity index (χ0) is 16.7. The summed E-state index contributed by atoms with van der Waals surface area (Å²) in [5, 5.41) is -0.526. The van der Waals surface area contributed by atoms with Crippen LogP contribution in [0.25, 0.3) is 16.9 Å². The van der Waals surface area contributed by atoms with E-state index < -0.39 is 28.8 Å². The maximum absolute atomic E-state index is 14.1. The van der Waals surface area contributed by atoms with Crippen LogP contribution >= 0.6 is 23.2 Å². The Bertz CT molecular complexity index is 885. The van der Waals surface area contributed by atoms with E-state index in [2.05, 4.69) is 4.98 Å². The summed E-state index contributed by atoms with van der Waals surface area (Å²) in [6.45, 7) is 0. The van der Waals surface area contributed by atoms with E-state index in [1.165, 1.54) is 18.2 Å². The lowest BCUT2D eigenvalue weighted by atomic mass is 10.1. The lowest BCUT2D eigenvalue weighted by Gasteiger charge is -2.11. The van der Waals surface area contributed by atoms with Crippen LogP contribution in [0.15, 0.2) is 36.4 Å². The Hall–Kier alpha value is -2.05. The van der Waals surface area contributed by atoms with Gasteiger partial charge in [-0.1, -0.05) is 17.7 Å². The topological polar surface area (TPSA) is 17.8 Å². The van der Waals surface area contributed by atoms with Crippen LogP contribution in [0.1, 0.15) is 0 Å². The number of hydrogen-bond donors (Lipinski definition) is 0. The van der Waals surface area contributed by atoms with E-state index in [4.69, 9.17) is 23.2 Å². The van der Waals surface area contributed by atoms with Crippen molar-refractivity contribution in [1.29, 1.82) is 0 Å². The largest absolute Gasteiger partial charge is 0.281 e. The predicted molar refractivity (Wildman–Crippen MR) is 78.9 cm³/mol. The zero-order valence-electron chi connectivity index (χ0n) is 11.1. The van der Waals surface area contributed by atoms with Gasteiger partial charge in [-0.25, -0.2) is 22.5 Å². The third kappa shape index (κ3) is 2.80. The van der Waals surface area contributed by atoms with Crippen LogP contribution in [-0.4, -0.2) is 9.55 Å². The number of aromatic nitrogens is 2. The molecule has 23 heavy (non-hydrogen) atoms. The standard InChI is InChI=1S/C15H6Cl2F4N2/c16-14-13(12-10(20)5-8(19)6-11(12)21)23(15(17)22-14)9-3-1-2-7(18)4-9/h1-6H. The molecule has 0 bridgehead atoms. The summed E-state index contributed by atoms with van der Waals surface area (Å²) in [7, 11) is 0. The minimum atomic E-state index is -1.18. The molecule has 0 radical (unpaired) electrons. The molecule has 3 aromatic rings. The van der Waals surface area contributed by atoms with E-state index >= 15 is 0 Å². The number of benzene rings is 2. The van der Waals surface area contributed by atoms with Crippen LogP contribution in [0, 0.1) is 23.3 Å². The fourth-order valence-electron chi connectivity index (χ4n) is 2.20. The normalized spacial score (nSPS) is 11.0. The number of nitrogens with zero attached hydrogens (tertiary/aromatic N) is 2. The number of halogens is 6. The average Bonchev–Trinajstić information content (AvgIpc) is 2.72. The molecule has 0 saturated carbocycles. The first-order chi connectivity index (χ1) is 10.9. The van der Waals surface area contributed by atoms with Crippen molar-refractivity contribution >= 4 is 23.2 Å². The van der Waals surface area contributed by atoms with Crippen LogP contribution in [0.2, 0.25) is 10.4 Å². The van der Waals surface area contributed by atoms with Crippen LogP contribution in [0.5, 0.6) is 0 Å². The van der Waals surface area contributed by atoms with Crippen LogP contribution < -0.4 is 0 Å². The van der Waals surface area contributed by atoms with Gasteiger partial charge in [0.2, 0.25) is 5.28 Å². The first-order valence-electron chi connectivity index (χ1n) is 6.23. The van der Waals surface area contributed by atoms with Gasteiger partial charge in [-0.2, -0.15) is 0 Å². The van der Waals surface area contributed by atoms with Crippen molar-refractivity contribution in [2.75, 3.05) is 0 Å². The highest BCUT2D eigenvalue weighted by atomic mass is 35.5. The van der Waals surface area contributed by atoms with Crippen molar-refractivity contribution < 1.29 is 17.6 Å². The van der Waals surface area contributed by atoms with E-state index in [1.54, 1.807) is 0 Å². The number of imidazole rings is 1. The van der Waals surface area contributed by atoms with Crippen molar-refractivity contribution in [3.05, 3.63) is 70.1 Å². The van der Waals surface area contributed by atoms with Gasteiger partial charge in [0, 0.05) is 12.1 Å². The van der Waals surface area contributed by atoms with Crippen molar-refractivity contribution in [2.45, 2.75) is 0 Å². The van der Waals surface area contributed by atoms with E-state index in [-0.39, 0.29) is 21.8 Å². The predicted octanol–water partition coefficient (Wildman–Crippen LogP) is 5.40. The highest BCUT2D eigenvalue weighted by Gasteiger charge is 2.24. The maximum Gasteiger partial charge on any atom is 0.209 e. The summed E-state index contributed by atoms with van der Waals surface area (Å²) in [6.07, 6.45) is 0. The molecule has 0 spiro atoms. The average molecular weight is 361 g/mol. The molecule has 1 aromatic heterocycles. The van der Waals surface area contributed by atoms with Gasteiger partial charge in [-0.15, -0.1) is 0 Å². The highest BCUT2D eigenvalue weighted by Crippen LogP contribution is 2.37. The van der Waals surface area contributed by atoms with E-state index in [9.17, 15) is 17.6 Å². The van der Waals surface area contributed by atoms with Gasteiger partial charge in [0.05, 0.1) is 16.9 Å². The Balaban J connectivity index is 2.34. The molecule has 2 aromatic carbocycles. The molecule has 3 rings (SSSR count). The van der Waals surface area contributed by atoms with Crippen LogP contribution in [-0.2, 0) is 0 Å². The summed E-state index contributed by atoms with van der Waals surface area (Å²) in [5.41, 5.74) is -0.690. The fraction of sp³-hybridized carbons (Fsp3) is 0. The zero-order valence-corrected chi connectivity index (χ0v) is 12.6. The summed E-state index contributed by atoms with van der Waals surface area (Å²) >= 11 is 11.9. The monoisotopic (exact) mass is 360 g/mol. The maximum atomic E-state index is 14.1. The molecule has 2 nitrogen and oxygen atoms in total. The minimum absolute atomic E-state index is 0.160. The van der Waals surface area contributed by atoms with Gasteiger partial charge in [0.25, 0.3) is 0 Å². The molecule has 0 atom stereocenters. The van der Waals surface area contributed by atoms with Gasteiger partial charge >= 0.3 is 0 Å². The molecule has 0 N–H and O–H groups in total. The fourth-order valence-corrected chi connectivity index (χ4v) is 2.77. The molecule has 0 aliphatic rings. The Morgan fingerprint density at radius 3 is 2.13 bits per heavy atom. The second-order valence-corrected chi connectivity index (χ2v) is 5.28. The molecule has 118 valence electrons. The third-order valence-corrected chi connectivity index (χ3v) is 3.62. The molecule has 0 saturated heterocycles. The van der Waals surface area contributed by atoms with E-state index in [0.717, 1.165) is 10.6 Å². The van der Waals surface area contributed by atoms with Gasteiger partial charge < -0.3 is 0 Å². The molecular formula is C15H6Cl2F4N2. The van der Waals surface area contributed by atoms with Crippen LogP contribution in [0.4, 0.5) is 17.6 Å². The lowest BCUT2D eigenvalue weighted by Crippen LogP contribution is -2.02. The van der Waals surface area contributed by atoms with E-state index in [1.807, 2.05) is 0 Å². The Kier molecular flexibility index (Phi) is 4.04. The second-order valence-electron chi connectivity index (χ2n) is 4.58. The highest BCUT2D eigenvalue weighted by molar-refractivity contribution is 6.34. The molecule has 1 heterocycles. The molecule has 0 unspecified atom stereocenters. The van der Waals surface area contributed by atoms with Crippen LogP contribution in [0.3, 0.4) is 0 Å². The Morgan fingerprint density at radius 1 is 0.870 bits per heavy atom. The SMILES string of the molecule is Fc1cccc(-n2c(Cl)nc(Cl)c2-c2c(F)cc(F)cc2F)c1. The Morgan fingerprint density at radius 2 is 1.52 bits per heavy atom. The van der Waals surface area contributed by atoms with Gasteiger partial charge in [-0.3, -0.25) is 4.57 Å². The lowest BCUT2D eigenvalue weighted by molar-refractivity contribution is 0.547. The summed E-state index contributed by atoms with van der Waals surface area (Å²) < 4.78 is 55.7. The van der Waals surface area contributed by atoms with Gasteiger partial charge in [0.15, 0.2) is 5.15 Å².